The van der Waals surface area contributed by atoms with Crippen molar-refractivity contribution in [3.63, 3.8) is 0 Å². The van der Waals surface area contributed by atoms with Crippen LogP contribution in [0.15, 0.2) is 24.3 Å². The number of rotatable bonds is 4. The van der Waals surface area contributed by atoms with E-state index in [0.29, 0.717) is 38.5 Å². The molecule has 0 bridgehead atoms. The van der Waals surface area contributed by atoms with Crippen LogP contribution in [0.3, 0.4) is 0 Å². The van der Waals surface area contributed by atoms with Gasteiger partial charge < -0.3 is 4.90 Å². The second-order valence-corrected chi connectivity index (χ2v) is 8.85. The topological polar surface area (TPSA) is 60.9 Å². The third-order valence-corrected chi connectivity index (χ3v) is 7.00. The van der Waals surface area contributed by atoms with E-state index >= 15 is 0 Å². The molecule has 1 atom stereocenters. The Labute approximate surface area is 144 Å². The highest BCUT2D eigenvalue weighted by Crippen LogP contribution is 2.35. The average molecular weight is 351 g/mol. The van der Waals surface area contributed by atoms with Gasteiger partial charge in [0.05, 0.1) is 0 Å². The van der Waals surface area contributed by atoms with Crippen molar-refractivity contribution >= 4 is 16.1 Å². The molecule has 1 aliphatic carbocycles. The first kappa shape index (κ1) is 17.4. The Hall–Kier alpha value is -1.44. The lowest BCUT2D eigenvalue weighted by Crippen LogP contribution is -2.53. The van der Waals surface area contributed by atoms with Crippen molar-refractivity contribution in [3.8, 4) is 0 Å². The maximum atomic E-state index is 12.6. The van der Waals surface area contributed by atoms with Gasteiger partial charge in [-0.25, -0.2) is 0 Å². The minimum Gasteiger partial charge on any atom is -0.340 e. The van der Waals surface area contributed by atoms with Gasteiger partial charge in [0, 0.05) is 46.7 Å². The molecular formula is C17H25N3O3S. The predicted octanol–water partition coefficient (Wildman–Crippen LogP) is 1.06. The van der Waals surface area contributed by atoms with Gasteiger partial charge in [0.25, 0.3) is 10.2 Å². The van der Waals surface area contributed by atoms with Gasteiger partial charge in [-0.2, -0.15) is 17.0 Å². The van der Waals surface area contributed by atoms with Crippen LogP contribution in [0.25, 0.3) is 0 Å². The highest BCUT2D eigenvalue weighted by atomic mass is 32.2. The third kappa shape index (κ3) is 3.34. The molecule has 0 saturated carbocycles. The Morgan fingerprint density at radius 3 is 2.50 bits per heavy atom. The number of nitrogens with zero attached hydrogens (tertiary/aromatic N) is 3. The van der Waals surface area contributed by atoms with Gasteiger partial charge in [-0.3, -0.25) is 4.79 Å². The SMILES string of the molecule is CN(C)S(=O)(=O)N1CCN(C(=O)C[C@H]2CCc3ccccc32)CC1. The van der Waals surface area contributed by atoms with Gasteiger partial charge in [0.2, 0.25) is 5.91 Å². The van der Waals surface area contributed by atoms with Crippen LogP contribution < -0.4 is 0 Å². The molecule has 7 heteroatoms. The summed E-state index contributed by atoms with van der Waals surface area (Å²) in [6, 6.07) is 8.35. The predicted molar refractivity (Wildman–Crippen MR) is 92.9 cm³/mol. The van der Waals surface area contributed by atoms with E-state index in [1.807, 2.05) is 17.0 Å². The van der Waals surface area contributed by atoms with E-state index in [0.717, 1.165) is 12.8 Å². The molecule has 0 spiro atoms. The summed E-state index contributed by atoms with van der Waals surface area (Å²) < 4.78 is 26.9. The molecule has 0 aromatic heterocycles. The van der Waals surface area contributed by atoms with Crippen LogP contribution in [0.1, 0.15) is 29.9 Å². The average Bonchev–Trinajstić information content (AvgIpc) is 2.98. The first-order valence-corrected chi connectivity index (χ1v) is 9.82. The van der Waals surface area contributed by atoms with Gasteiger partial charge in [0.1, 0.15) is 0 Å². The molecule has 1 heterocycles. The zero-order valence-corrected chi connectivity index (χ0v) is 15.1. The number of carbonyl (C=O) groups excluding carboxylic acids is 1. The molecule has 0 N–H and O–H groups in total. The number of hydrogen-bond donors (Lipinski definition) is 0. The molecule has 0 unspecified atom stereocenters. The van der Waals surface area contributed by atoms with Crippen molar-refractivity contribution in [2.24, 2.45) is 0 Å². The minimum absolute atomic E-state index is 0.138. The van der Waals surface area contributed by atoms with E-state index < -0.39 is 10.2 Å². The van der Waals surface area contributed by atoms with Gasteiger partial charge in [-0.15, -0.1) is 0 Å². The number of hydrogen-bond acceptors (Lipinski definition) is 3. The minimum atomic E-state index is -3.38. The van der Waals surface area contributed by atoms with Crippen molar-refractivity contribution in [3.05, 3.63) is 35.4 Å². The maximum absolute atomic E-state index is 12.6. The van der Waals surface area contributed by atoms with E-state index in [2.05, 4.69) is 12.1 Å². The molecular weight excluding hydrogens is 326 g/mol. The molecule has 1 aliphatic heterocycles. The number of amides is 1. The monoisotopic (exact) mass is 351 g/mol. The van der Waals surface area contributed by atoms with Gasteiger partial charge in [-0.05, 0) is 29.9 Å². The molecule has 3 rings (SSSR count). The van der Waals surface area contributed by atoms with Crippen molar-refractivity contribution in [1.29, 1.82) is 0 Å². The lowest BCUT2D eigenvalue weighted by molar-refractivity contribution is -0.132. The van der Waals surface area contributed by atoms with E-state index in [1.165, 1.54) is 33.8 Å². The summed E-state index contributed by atoms with van der Waals surface area (Å²) in [7, 11) is -0.318. The molecule has 0 radical (unpaired) electrons. The van der Waals surface area contributed by atoms with E-state index in [-0.39, 0.29) is 5.91 Å². The van der Waals surface area contributed by atoms with Crippen LogP contribution in [0.2, 0.25) is 0 Å². The molecule has 1 aromatic rings. The molecule has 1 saturated heterocycles. The zero-order valence-electron chi connectivity index (χ0n) is 14.3. The summed E-state index contributed by atoms with van der Waals surface area (Å²) in [4.78, 5) is 14.4. The molecule has 24 heavy (non-hydrogen) atoms. The summed E-state index contributed by atoms with van der Waals surface area (Å²) in [5.74, 6) is 0.441. The smallest absolute Gasteiger partial charge is 0.281 e. The van der Waals surface area contributed by atoms with Gasteiger partial charge in [-0.1, -0.05) is 24.3 Å². The van der Waals surface area contributed by atoms with Gasteiger partial charge >= 0.3 is 0 Å². The highest BCUT2D eigenvalue weighted by Gasteiger charge is 2.32. The quantitative estimate of drug-likeness (QED) is 0.815. The second kappa shape index (κ2) is 6.82. The Bertz CT molecular complexity index is 710. The Morgan fingerprint density at radius 1 is 1.17 bits per heavy atom. The highest BCUT2D eigenvalue weighted by molar-refractivity contribution is 7.86. The summed E-state index contributed by atoms with van der Waals surface area (Å²) in [6.07, 6.45) is 2.60. The molecule has 6 nitrogen and oxygen atoms in total. The first-order chi connectivity index (χ1) is 11.4. The molecule has 1 aromatic carbocycles. The van der Waals surface area contributed by atoms with Crippen LogP contribution in [-0.2, 0) is 21.4 Å². The second-order valence-electron chi connectivity index (χ2n) is 6.71. The van der Waals surface area contributed by atoms with Crippen molar-refractivity contribution in [2.45, 2.75) is 25.2 Å². The number of benzene rings is 1. The number of carbonyl (C=O) groups is 1. The normalized spacial score (nSPS) is 22.0. The van der Waals surface area contributed by atoms with Crippen LogP contribution in [-0.4, -0.2) is 68.1 Å². The summed E-state index contributed by atoms with van der Waals surface area (Å²) in [5, 5.41) is 0. The lowest BCUT2D eigenvalue weighted by atomic mass is 9.97. The van der Waals surface area contributed by atoms with E-state index in [9.17, 15) is 13.2 Å². The summed E-state index contributed by atoms with van der Waals surface area (Å²) >= 11 is 0. The fourth-order valence-corrected chi connectivity index (χ4v) is 4.68. The van der Waals surface area contributed by atoms with Crippen LogP contribution >= 0.6 is 0 Å². The van der Waals surface area contributed by atoms with Crippen molar-refractivity contribution in [2.75, 3.05) is 40.3 Å². The number of aryl methyl sites for hydroxylation is 1. The Morgan fingerprint density at radius 2 is 1.83 bits per heavy atom. The van der Waals surface area contributed by atoms with E-state index in [4.69, 9.17) is 0 Å². The van der Waals surface area contributed by atoms with Crippen LogP contribution in [0, 0.1) is 0 Å². The van der Waals surface area contributed by atoms with Crippen LogP contribution in [0.4, 0.5) is 0 Å². The summed E-state index contributed by atoms with van der Waals surface area (Å²) in [6.45, 7) is 1.68. The maximum Gasteiger partial charge on any atom is 0.281 e. The third-order valence-electron chi connectivity index (χ3n) is 5.06. The Kier molecular flexibility index (Phi) is 4.94. The van der Waals surface area contributed by atoms with Crippen LogP contribution in [0.5, 0.6) is 0 Å². The molecule has 132 valence electrons. The van der Waals surface area contributed by atoms with Crippen molar-refractivity contribution < 1.29 is 13.2 Å². The summed E-state index contributed by atoms with van der Waals surface area (Å²) in [5.41, 5.74) is 2.66. The largest absolute Gasteiger partial charge is 0.340 e. The fraction of sp³-hybridized carbons (Fsp3) is 0.588. The molecule has 1 fully saturated rings. The standard InChI is InChI=1S/C17H25N3O3S/c1-18(2)24(22,23)20-11-9-19(10-12-20)17(21)13-15-8-7-14-5-3-4-6-16(14)15/h3-6,15H,7-13H2,1-2H3/t15-/m1/s1. The Balaban J connectivity index is 1.57. The lowest BCUT2D eigenvalue weighted by Gasteiger charge is -2.35. The number of fused-ring (bicyclic) bond motifs is 1. The molecule has 2 aliphatic rings. The fourth-order valence-electron chi connectivity index (χ4n) is 3.60. The molecule has 1 amide bonds. The zero-order chi connectivity index (χ0) is 17.3. The first-order valence-electron chi connectivity index (χ1n) is 8.43. The number of piperazine rings is 1. The van der Waals surface area contributed by atoms with Gasteiger partial charge in [0.15, 0.2) is 0 Å². The van der Waals surface area contributed by atoms with Crippen molar-refractivity contribution in [1.82, 2.24) is 13.5 Å². The van der Waals surface area contributed by atoms with E-state index in [1.54, 1.807) is 0 Å².